The first kappa shape index (κ1) is 8.97. The lowest BCUT2D eigenvalue weighted by molar-refractivity contribution is -0.139. The molecule has 0 bridgehead atoms. The summed E-state index contributed by atoms with van der Waals surface area (Å²) in [6.45, 7) is 3.85. The average molecular weight is 168 g/mol. The summed E-state index contributed by atoms with van der Waals surface area (Å²) in [5.41, 5.74) is 1.13. The van der Waals surface area contributed by atoms with Gasteiger partial charge in [0, 0.05) is 6.42 Å². The van der Waals surface area contributed by atoms with E-state index in [1.807, 2.05) is 0 Å². The molecule has 3 nitrogen and oxygen atoms in total. The molecule has 1 rings (SSSR count). The smallest absolute Gasteiger partial charge is 0.341 e. The Kier molecular flexibility index (Phi) is 2.63. The molecular formula is C9H12O3. The van der Waals surface area contributed by atoms with Crippen LogP contribution in [0.4, 0.5) is 0 Å². The van der Waals surface area contributed by atoms with Gasteiger partial charge in [-0.25, -0.2) is 4.79 Å². The maximum atomic E-state index is 11.2. The van der Waals surface area contributed by atoms with Crippen LogP contribution in [0.2, 0.25) is 0 Å². The SMILES string of the molecule is CCOC(=O)C1=C(C)CCC1=O. The highest BCUT2D eigenvalue weighted by atomic mass is 16.5. The minimum Gasteiger partial charge on any atom is -0.462 e. The van der Waals surface area contributed by atoms with Crippen LogP contribution in [-0.2, 0) is 14.3 Å². The molecule has 0 atom stereocenters. The molecule has 0 radical (unpaired) electrons. The van der Waals surface area contributed by atoms with Gasteiger partial charge in [-0.05, 0) is 20.3 Å². The van der Waals surface area contributed by atoms with E-state index in [9.17, 15) is 9.59 Å². The molecule has 0 amide bonds. The number of ether oxygens (including phenoxy) is 1. The van der Waals surface area contributed by atoms with Crippen molar-refractivity contribution < 1.29 is 14.3 Å². The van der Waals surface area contributed by atoms with E-state index >= 15 is 0 Å². The van der Waals surface area contributed by atoms with E-state index in [0.29, 0.717) is 19.4 Å². The van der Waals surface area contributed by atoms with Crippen LogP contribution in [-0.4, -0.2) is 18.4 Å². The Hall–Kier alpha value is -1.12. The lowest BCUT2D eigenvalue weighted by Gasteiger charge is -2.01. The second-order valence-electron chi connectivity index (χ2n) is 2.80. The molecule has 0 aliphatic heterocycles. The number of Topliss-reactive ketones (excluding diaryl/α,β-unsaturated/α-hetero) is 1. The standard InChI is InChI=1S/C9H12O3/c1-3-12-9(11)8-6(2)4-5-7(8)10/h3-5H2,1-2H3. The summed E-state index contributed by atoms with van der Waals surface area (Å²) in [5.74, 6) is -0.538. The zero-order valence-electron chi connectivity index (χ0n) is 7.35. The quantitative estimate of drug-likeness (QED) is 0.460. The Morgan fingerprint density at radius 3 is 2.58 bits per heavy atom. The van der Waals surface area contributed by atoms with Gasteiger partial charge in [0.15, 0.2) is 5.78 Å². The Balaban J connectivity index is 2.79. The van der Waals surface area contributed by atoms with Crippen molar-refractivity contribution in [2.75, 3.05) is 6.61 Å². The molecule has 66 valence electrons. The Morgan fingerprint density at radius 1 is 1.50 bits per heavy atom. The maximum Gasteiger partial charge on any atom is 0.341 e. The van der Waals surface area contributed by atoms with E-state index in [4.69, 9.17) is 4.74 Å². The molecule has 12 heavy (non-hydrogen) atoms. The van der Waals surface area contributed by atoms with Crippen molar-refractivity contribution in [2.45, 2.75) is 26.7 Å². The van der Waals surface area contributed by atoms with Crippen LogP contribution in [0, 0.1) is 0 Å². The van der Waals surface area contributed by atoms with Crippen LogP contribution in [0.3, 0.4) is 0 Å². The fourth-order valence-corrected chi connectivity index (χ4v) is 1.28. The molecule has 0 saturated carbocycles. The molecule has 0 unspecified atom stereocenters. The second-order valence-corrected chi connectivity index (χ2v) is 2.80. The fourth-order valence-electron chi connectivity index (χ4n) is 1.28. The summed E-state index contributed by atoms with van der Waals surface area (Å²) in [6, 6.07) is 0. The summed E-state index contributed by atoms with van der Waals surface area (Å²) in [4.78, 5) is 22.3. The molecule has 0 spiro atoms. The first-order chi connectivity index (χ1) is 5.66. The third kappa shape index (κ3) is 1.55. The third-order valence-corrected chi connectivity index (χ3v) is 1.91. The van der Waals surface area contributed by atoms with Crippen LogP contribution in [0.1, 0.15) is 26.7 Å². The van der Waals surface area contributed by atoms with Crippen molar-refractivity contribution in [2.24, 2.45) is 0 Å². The molecule has 1 aliphatic rings. The van der Waals surface area contributed by atoms with Crippen molar-refractivity contribution in [3.05, 3.63) is 11.1 Å². The summed E-state index contributed by atoms with van der Waals surface area (Å²) < 4.78 is 4.75. The lowest BCUT2D eigenvalue weighted by atomic mass is 10.2. The van der Waals surface area contributed by atoms with Crippen molar-refractivity contribution in [1.29, 1.82) is 0 Å². The molecule has 0 aromatic heterocycles. The molecule has 0 N–H and O–H groups in total. The van der Waals surface area contributed by atoms with Crippen LogP contribution in [0.5, 0.6) is 0 Å². The van der Waals surface area contributed by atoms with Crippen molar-refractivity contribution in [3.8, 4) is 0 Å². The number of carbonyl (C=O) groups excluding carboxylic acids is 2. The summed E-state index contributed by atoms with van der Waals surface area (Å²) in [6.07, 6.45) is 1.16. The van der Waals surface area contributed by atoms with Crippen molar-refractivity contribution in [1.82, 2.24) is 0 Å². The first-order valence-electron chi connectivity index (χ1n) is 4.07. The number of hydrogen-bond donors (Lipinski definition) is 0. The summed E-state index contributed by atoms with van der Waals surface area (Å²) >= 11 is 0. The average Bonchev–Trinajstić information content (AvgIpc) is 2.32. The van der Waals surface area contributed by atoms with Crippen LogP contribution >= 0.6 is 0 Å². The van der Waals surface area contributed by atoms with E-state index < -0.39 is 5.97 Å². The van der Waals surface area contributed by atoms with Gasteiger partial charge in [-0.15, -0.1) is 0 Å². The predicted octanol–water partition coefficient (Wildman–Crippen LogP) is 1.23. The first-order valence-corrected chi connectivity index (χ1v) is 4.07. The Morgan fingerprint density at radius 2 is 2.17 bits per heavy atom. The molecule has 1 aliphatic carbocycles. The van der Waals surface area contributed by atoms with Gasteiger partial charge >= 0.3 is 5.97 Å². The van der Waals surface area contributed by atoms with Crippen molar-refractivity contribution >= 4 is 11.8 Å². The second kappa shape index (κ2) is 3.52. The van der Waals surface area contributed by atoms with Gasteiger partial charge in [-0.2, -0.15) is 0 Å². The number of hydrogen-bond acceptors (Lipinski definition) is 3. The number of ketones is 1. The number of rotatable bonds is 2. The third-order valence-electron chi connectivity index (χ3n) is 1.91. The van der Waals surface area contributed by atoms with E-state index in [0.717, 1.165) is 5.57 Å². The number of allylic oxidation sites excluding steroid dienone is 1. The highest BCUT2D eigenvalue weighted by molar-refractivity contribution is 6.19. The van der Waals surface area contributed by atoms with Gasteiger partial charge in [0.1, 0.15) is 5.57 Å². The molecule has 0 saturated heterocycles. The van der Waals surface area contributed by atoms with E-state index in [1.165, 1.54) is 0 Å². The van der Waals surface area contributed by atoms with Gasteiger partial charge < -0.3 is 4.74 Å². The topological polar surface area (TPSA) is 43.4 Å². The molecular weight excluding hydrogens is 156 g/mol. The van der Waals surface area contributed by atoms with Gasteiger partial charge in [0.25, 0.3) is 0 Å². The summed E-state index contributed by atoms with van der Waals surface area (Å²) in [7, 11) is 0. The Bertz CT molecular complexity index is 250. The van der Waals surface area contributed by atoms with Crippen LogP contribution in [0.15, 0.2) is 11.1 Å². The maximum absolute atomic E-state index is 11.2. The van der Waals surface area contributed by atoms with Gasteiger partial charge in [0.05, 0.1) is 6.61 Å². The zero-order chi connectivity index (χ0) is 9.14. The van der Waals surface area contributed by atoms with E-state index in [1.54, 1.807) is 13.8 Å². The molecule has 3 heteroatoms. The molecule has 0 fully saturated rings. The highest BCUT2D eigenvalue weighted by Gasteiger charge is 2.26. The highest BCUT2D eigenvalue weighted by Crippen LogP contribution is 2.22. The summed E-state index contributed by atoms with van der Waals surface area (Å²) in [5, 5.41) is 0. The predicted molar refractivity (Wildman–Crippen MR) is 43.6 cm³/mol. The largest absolute Gasteiger partial charge is 0.462 e. The van der Waals surface area contributed by atoms with Gasteiger partial charge in [-0.3, -0.25) is 4.79 Å². The number of esters is 1. The van der Waals surface area contributed by atoms with Crippen LogP contribution in [0.25, 0.3) is 0 Å². The fraction of sp³-hybridized carbons (Fsp3) is 0.556. The molecule has 0 aromatic carbocycles. The number of carbonyl (C=O) groups is 2. The Labute approximate surface area is 71.4 Å². The normalized spacial score (nSPS) is 17.0. The lowest BCUT2D eigenvalue weighted by Crippen LogP contribution is -2.13. The van der Waals surface area contributed by atoms with Gasteiger partial charge in [-0.1, -0.05) is 5.57 Å². The van der Waals surface area contributed by atoms with E-state index in [2.05, 4.69) is 0 Å². The minimum atomic E-state index is -0.461. The van der Waals surface area contributed by atoms with Gasteiger partial charge in [0.2, 0.25) is 0 Å². The molecule has 0 heterocycles. The van der Waals surface area contributed by atoms with E-state index in [-0.39, 0.29) is 11.4 Å². The monoisotopic (exact) mass is 168 g/mol. The molecule has 0 aromatic rings. The van der Waals surface area contributed by atoms with Crippen LogP contribution < -0.4 is 0 Å². The van der Waals surface area contributed by atoms with Crippen molar-refractivity contribution in [3.63, 3.8) is 0 Å². The minimum absolute atomic E-state index is 0.0778. The zero-order valence-corrected chi connectivity index (χ0v) is 7.35.